The first-order chi connectivity index (χ1) is 11.0. The van der Waals surface area contributed by atoms with Gasteiger partial charge in [0, 0.05) is 0 Å². The van der Waals surface area contributed by atoms with E-state index in [0.717, 1.165) is 5.56 Å². The van der Waals surface area contributed by atoms with Gasteiger partial charge in [-0.15, -0.1) is 0 Å². The van der Waals surface area contributed by atoms with Gasteiger partial charge in [0.1, 0.15) is 0 Å². The van der Waals surface area contributed by atoms with Crippen LogP contribution in [-0.2, 0) is 14.3 Å². The van der Waals surface area contributed by atoms with E-state index in [1.165, 1.54) is 0 Å². The number of aryl methyl sites for hydroxylation is 1. The number of halogens is 1. The largest absolute Gasteiger partial charge is 0.453 e. The number of esters is 1. The Morgan fingerprint density at radius 1 is 1.22 bits per heavy atom. The van der Waals surface area contributed by atoms with E-state index in [2.05, 4.69) is 5.32 Å². The van der Waals surface area contributed by atoms with E-state index >= 15 is 0 Å². The first-order valence-electron chi connectivity index (χ1n) is 6.93. The van der Waals surface area contributed by atoms with Crippen molar-refractivity contribution < 1.29 is 19.4 Å². The first-order valence-corrected chi connectivity index (χ1v) is 7.31. The molecule has 1 atom stereocenters. The van der Waals surface area contributed by atoms with E-state index in [1.54, 1.807) is 48.5 Å². The molecule has 2 N–H and O–H groups in total. The highest BCUT2D eigenvalue weighted by molar-refractivity contribution is 6.33. The van der Waals surface area contributed by atoms with Crippen LogP contribution in [-0.4, -0.2) is 23.6 Å². The molecule has 0 spiro atoms. The van der Waals surface area contributed by atoms with Gasteiger partial charge >= 0.3 is 5.97 Å². The number of benzene rings is 2. The molecular formula is C17H16ClNO4. The fraction of sp³-hybridized carbons (Fsp3) is 0.176. The van der Waals surface area contributed by atoms with Crippen molar-refractivity contribution in [2.75, 3.05) is 11.9 Å². The molecule has 0 bridgehead atoms. The predicted octanol–water partition coefficient (Wildman–Crippen LogP) is 2.86. The minimum Gasteiger partial charge on any atom is -0.453 e. The lowest BCUT2D eigenvalue weighted by atomic mass is 10.1. The van der Waals surface area contributed by atoms with Crippen molar-refractivity contribution in [1.82, 2.24) is 0 Å². The van der Waals surface area contributed by atoms with E-state index < -0.39 is 24.6 Å². The van der Waals surface area contributed by atoms with Gasteiger partial charge in [-0.25, -0.2) is 4.79 Å². The average Bonchev–Trinajstić information content (AvgIpc) is 2.55. The van der Waals surface area contributed by atoms with Crippen molar-refractivity contribution in [1.29, 1.82) is 0 Å². The number of aliphatic hydroxyl groups is 1. The average molecular weight is 334 g/mol. The Labute approximate surface area is 138 Å². The third-order valence-corrected chi connectivity index (χ3v) is 3.40. The SMILES string of the molecule is Cc1ccc(NC(=O)COC(=O)[C@H](O)c2ccccc2)c(Cl)c1. The Hall–Kier alpha value is -2.37. The van der Waals surface area contributed by atoms with Gasteiger partial charge in [-0.3, -0.25) is 4.79 Å². The molecule has 0 aliphatic carbocycles. The third-order valence-electron chi connectivity index (χ3n) is 3.08. The van der Waals surface area contributed by atoms with Crippen LogP contribution >= 0.6 is 11.6 Å². The number of hydrogen-bond acceptors (Lipinski definition) is 4. The molecule has 2 rings (SSSR count). The van der Waals surface area contributed by atoms with Gasteiger partial charge in [0.15, 0.2) is 12.7 Å². The Bertz CT molecular complexity index is 703. The molecule has 0 fully saturated rings. The monoisotopic (exact) mass is 333 g/mol. The molecule has 0 saturated carbocycles. The maximum atomic E-state index is 11.8. The number of anilines is 1. The summed E-state index contributed by atoms with van der Waals surface area (Å²) in [7, 11) is 0. The lowest BCUT2D eigenvalue weighted by molar-refractivity contribution is -0.156. The zero-order valence-corrected chi connectivity index (χ0v) is 13.2. The number of hydrogen-bond donors (Lipinski definition) is 2. The van der Waals surface area contributed by atoms with Crippen molar-refractivity contribution in [3.05, 3.63) is 64.7 Å². The number of ether oxygens (including phenoxy) is 1. The van der Waals surface area contributed by atoms with Crippen molar-refractivity contribution in [3.63, 3.8) is 0 Å². The fourth-order valence-electron chi connectivity index (χ4n) is 1.89. The predicted molar refractivity (Wildman–Crippen MR) is 87.2 cm³/mol. The summed E-state index contributed by atoms with van der Waals surface area (Å²) in [5.41, 5.74) is 1.80. The molecule has 0 radical (unpaired) electrons. The minimum absolute atomic E-state index is 0.397. The Balaban J connectivity index is 1.87. The molecule has 120 valence electrons. The lowest BCUT2D eigenvalue weighted by Gasteiger charge is -2.11. The second kappa shape index (κ2) is 7.76. The van der Waals surface area contributed by atoms with Crippen molar-refractivity contribution >= 4 is 29.2 Å². The summed E-state index contributed by atoms with van der Waals surface area (Å²) in [6.45, 7) is 1.37. The van der Waals surface area contributed by atoms with Crippen LogP contribution in [0.1, 0.15) is 17.2 Å². The zero-order chi connectivity index (χ0) is 16.8. The van der Waals surface area contributed by atoms with Gasteiger partial charge in [-0.05, 0) is 30.2 Å². The van der Waals surface area contributed by atoms with E-state index in [-0.39, 0.29) is 0 Å². The molecule has 0 aliphatic rings. The Kier molecular flexibility index (Phi) is 5.73. The molecule has 6 heteroatoms. The summed E-state index contributed by atoms with van der Waals surface area (Å²) in [6, 6.07) is 13.5. The smallest absolute Gasteiger partial charge is 0.340 e. The summed E-state index contributed by atoms with van der Waals surface area (Å²) in [4.78, 5) is 23.5. The second-order valence-corrected chi connectivity index (χ2v) is 5.36. The highest BCUT2D eigenvalue weighted by Gasteiger charge is 2.19. The van der Waals surface area contributed by atoms with Crippen LogP contribution in [0.5, 0.6) is 0 Å². The van der Waals surface area contributed by atoms with Gasteiger partial charge in [-0.1, -0.05) is 48.0 Å². The third kappa shape index (κ3) is 4.81. The summed E-state index contributed by atoms with van der Waals surface area (Å²) in [5, 5.41) is 12.8. The van der Waals surface area contributed by atoms with Gasteiger partial charge in [0.05, 0.1) is 10.7 Å². The summed E-state index contributed by atoms with van der Waals surface area (Å²) in [5.74, 6) is -1.43. The molecule has 5 nitrogen and oxygen atoms in total. The van der Waals surface area contributed by atoms with Crippen LogP contribution in [0.15, 0.2) is 48.5 Å². The number of aliphatic hydroxyl groups excluding tert-OH is 1. The highest BCUT2D eigenvalue weighted by Crippen LogP contribution is 2.22. The molecule has 2 aromatic rings. The van der Waals surface area contributed by atoms with Crippen molar-refractivity contribution in [2.45, 2.75) is 13.0 Å². The number of rotatable bonds is 5. The topological polar surface area (TPSA) is 75.6 Å². The number of carbonyl (C=O) groups is 2. The normalized spacial score (nSPS) is 11.6. The van der Waals surface area contributed by atoms with Crippen molar-refractivity contribution in [2.24, 2.45) is 0 Å². The van der Waals surface area contributed by atoms with E-state index in [1.807, 2.05) is 6.92 Å². The van der Waals surface area contributed by atoms with Gasteiger partial charge in [0.25, 0.3) is 5.91 Å². The lowest BCUT2D eigenvalue weighted by Crippen LogP contribution is -2.24. The molecule has 0 aliphatic heterocycles. The number of carbonyl (C=O) groups excluding carboxylic acids is 2. The maximum Gasteiger partial charge on any atom is 0.340 e. The molecule has 23 heavy (non-hydrogen) atoms. The molecule has 0 unspecified atom stereocenters. The second-order valence-electron chi connectivity index (χ2n) is 4.95. The standard InChI is InChI=1S/C17H16ClNO4/c1-11-7-8-14(13(18)9-11)19-15(20)10-23-17(22)16(21)12-5-3-2-4-6-12/h2-9,16,21H,10H2,1H3,(H,19,20)/t16-/m1/s1. The number of nitrogens with one attached hydrogen (secondary N) is 1. The van der Waals surface area contributed by atoms with Crippen LogP contribution in [0.4, 0.5) is 5.69 Å². The van der Waals surface area contributed by atoms with Gasteiger partial charge < -0.3 is 15.2 Å². The van der Waals surface area contributed by atoms with Crippen LogP contribution in [0.2, 0.25) is 5.02 Å². The van der Waals surface area contributed by atoms with Crippen LogP contribution in [0.25, 0.3) is 0 Å². The molecule has 0 saturated heterocycles. The minimum atomic E-state index is -1.42. The molecule has 2 aromatic carbocycles. The van der Waals surface area contributed by atoms with Crippen LogP contribution in [0, 0.1) is 6.92 Å². The first kappa shape index (κ1) is 17.0. The Morgan fingerprint density at radius 2 is 1.91 bits per heavy atom. The van der Waals surface area contributed by atoms with Crippen LogP contribution < -0.4 is 5.32 Å². The molecule has 1 amide bonds. The van der Waals surface area contributed by atoms with Gasteiger partial charge in [0.2, 0.25) is 0 Å². The quantitative estimate of drug-likeness (QED) is 0.825. The maximum absolute atomic E-state index is 11.8. The molecule has 0 aromatic heterocycles. The highest BCUT2D eigenvalue weighted by atomic mass is 35.5. The number of amides is 1. The summed E-state index contributed by atoms with van der Waals surface area (Å²) >= 11 is 6.00. The fourth-order valence-corrected chi connectivity index (χ4v) is 2.18. The molecule has 0 heterocycles. The van der Waals surface area contributed by atoms with Crippen molar-refractivity contribution in [3.8, 4) is 0 Å². The van der Waals surface area contributed by atoms with E-state index in [9.17, 15) is 14.7 Å². The van der Waals surface area contributed by atoms with E-state index in [4.69, 9.17) is 16.3 Å². The summed E-state index contributed by atoms with van der Waals surface area (Å²) < 4.78 is 4.81. The van der Waals surface area contributed by atoms with Crippen LogP contribution in [0.3, 0.4) is 0 Å². The van der Waals surface area contributed by atoms with Gasteiger partial charge in [-0.2, -0.15) is 0 Å². The molecular weight excluding hydrogens is 318 g/mol. The Morgan fingerprint density at radius 3 is 2.57 bits per heavy atom. The summed E-state index contributed by atoms with van der Waals surface area (Å²) in [6.07, 6.45) is -1.42. The zero-order valence-electron chi connectivity index (χ0n) is 12.5. The van der Waals surface area contributed by atoms with E-state index in [0.29, 0.717) is 16.3 Å².